The number of hydrogen-bond acceptors (Lipinski definition) is 5. The number of H-pyrrole nitrogens is 1. The number of nitrogens with one attached hydrogen (secondary N) is 1. The molecular formula is C19H23N5O2. The van der Waals surface area contributed by atoms with Crippen molar-refractivity contribution in [2.75, 3.05) is 24.5 Å². The number of rotatable bonds is 1. The topological polar surface area (TPSA) is 85.2 Å². The van der Waals surface area contributed by atoms with Crippen molar-refractivity contribution in [1.82, 2.24) is 14.9 Å². The van der Waals surface area contributed by atoms with Gasteiger partial charge in [0.1, 0.15) is 17.3 Å². The Morgan fingerprint density at radius 1 is 1.38 bits per heavy atom. The summed E-state index contributed by atoms with van der Waals surface area (Å²) in [5, 5.41) is 10.5. The standard InChI is InChI=1S/C19H23N5O2/c1-18(2,3)26-17(25)24-9-6-19(24)5-8-23(12-19)15-13(10-20)11-22-16-14(15)4-7-21-16/h4,7,11H,5-6,8-9,12H2,1-3H3,(H,21,22). The second-order valence-corrected chi connectivity index (χ2v) is 8.15. The smallest absolute Gasteiger partial charge is 0.410 e. The summed E-state index contributed by atoms with van der Waals surface area (Å²) in [6, 6.07) is 4.21. The number of amides is 1. The summed E-state index contributed by atoms with van der Waals surface area (Å²) in [4.78, 5) is 24.0. The van der Waals surface area contributed by atoms with Crippen molar-refractivity contribution in [3.8, 4) is 6.07 Å². The number of carbonyl (C=O) groups excluding carboxylic acids is 1. The lowest BCUT2D eigenvalue weighted by Crippen LogP contribution is -2.64. The normalized spacial score (nSPS) is 22.5. The number of aromatic amines is 1. The fraction of sp³-hybridized carbons (Fsp3) is 0.526. The van der Waals surface area contributed by atoms with E-state index in [0.717, 1.165) is 42.7 Å². The molecule has 1 spiro atoms. The number of nitrogens with zero attached hydrogens (tertiary/aromatic N) is 4. The number of anilines is 1. The lowest BCUT2D eigenvalue weighted by atomic mass is 9.84. The van der Waals surface area contributed by atoms with Crippen LogP contribution in [0.25, 0.3) is 11.0 Å². The quantitative estimate of drug-likeness (QED) is 0.852. The minimum atomic E-state index is -0.498. The third-order valence-electron chi connectivity index (χ3n) is 5.31. The van der Waals surface area contributed by atoms with Crippen molar-refractivity contribution in [3.63, 3.8) is 0 Å². The van der Waals surface area contributed by atoms with Crippen molar-refractivity contribution in [3.05, 3.63) is 24.0 Å². The van der Waals surface area contributed by atoms with Crippen LogP contribution in [0, 0.1) is 11.3 Å². The molecule has 4 heterocycles. The van der Waals surface area contributed by atoms with E-state index in [1.807, 2.05) is 37.9 Å². The molecule has 0 saturated carbocycles. The summed E-state index contributed by atoms with van der Waals surface area (Å²) in [5.41, 5.74) is 1.56. The Balaban J connectivity index is 1.61. The average Bonchev–Trinajstić information content (AvgIpc) is 3.19. The fourth-order valence-corrected chi connectivity index (χ4v) is 4.03. The molecule has 0 radical (unpaired) electrons. The molecule has 0 bridgehead atoms. The minimum absolute atomic E-state index is 0.193. The molecule has 4 rings (SSSR count). The molecule has 2 fully saturated rings. The van der Waals surface area contributed by atoms with Crippen molar-refractivity contribution < 1.29 is 9.53 Å². The second kappa shape index (κ2) is 5.63. The third kappa shape index (κ3) is 2.57. The SMILES string of the molecule is CC(C)(C)OC(=O)N1CCC12CCN(c1c(C#N)cnc3[nH]ccc13)C2. The summed E-state index contributed by atoms with van der Waals surface area (Å²) in [6.07, 6.45) is 5.06. The van der Waals surface area contributed by atoms with E-state index in [4.69, 9.17) is 4.74 Å². The zero-order valence-corrected chi connectivity index (χ0v) is 15.4. The van der Waals surface area contributed by atoms with Gasteiger partial charge in [0.25, 0.3) is 0 Å². The summed E-state index contributed by atoms with van der Waals surface area (Å²) >= 11 is 0. The van der Waals surface area contributed by atoms with Crippen LogP contribution in [0.15, 0.2) is 18.5 Å². The zero-order chi connectivity index (χ0) is 18.5. The number of nitriles is 1. The Morgan fingerprint density at radius 3 is 2.81 bits per heavy atom. The second-order valence-electron chi connectivity index (χ2n) is 8.15. The molecule has 1 amide bonds. The van der Waals surface area contributed by atoms with Crippen LogP contribution in [-0.4, -0.2) is 51.7 Å². The molecule has 7 nitrogen and oxygen atoms in total. The first-order valence-electron chi connectivity index (χ1n) is 8.95. The van der Waals surface area contributed by atoms with Gasteiger partial charge in [-0.1, -0.05) is 0 Å². The largest absolute Gasteiger partial charge is 0.444 e. The zero-order valence-electron chi connectivity index (χ0n) is 15.4. The van der Waals surface area contributed by atoms with Gasteiger partial charge in [-0.05, 0) is 39.7 Å². The van der Waals surface area contributed by atoms with Gasteiger partial charge in [0.2, 0.25) is 0 Å². The van der Waals surface area contributed by atoms with E-state index in [9.17, 15) is 10.1 Å². The molecule has 136 valence electrons. The maximum Gasteiger partial charge on any atom is 0.410 e. The highest BCUT2D eigenvalue weighted by molar-refractivity contribution is 5.93. The van der Waals surface area contributed by atoms with Crippen LogP contribution in [0.3, 0.4) is 0 Å². The van der Waals surface area contributed by atoms with Gasteiger partial charge in [-0.3, -0.25) is 0 Å². The van der Waals surface area contributed by atoms with Crippen molar-refractivity contribution in [1.29, 1.82) is 5.26 Å². The minimum Gasteiger partial charge on any atom is -0.444 e. The van der Waals surface area contributed by atoms with E-state index in [2.05, 4.69) is 20.9 Å². The Morgan fingerprint density at radius 2 is 2.15 bits per heavy atom. The van der Waals surface area contributed by atoms with Gasteiger partial charge in [0.05, 0.1) is 16.8 Å². The molecule has 2 aliphatic heterocycles. The van der Waals surface area contributed by atoms with Gasteiger partial charge in [-0.2, -0.15) is 5.26 Å². The van der Waals surface area contributed by atoms with E-state index < -0.39 is 5.60 Å². The van der Waals surface area contributed by atoms with Gasteiger partial charge in [0, 0.05) is 37.4 Å². The fourth-order valence-electron chi connectivity index (χ4n) is 4.03. The first-order chi connectivity index (χ1) is 12.3. The lowest BCUT2D eigenvalue weighted by molar-refractivity contribution is -0.0362. The van der Waals surface area contributed by atoms with E-state index in [0.29, 0.717) is 12.1 Å². The highest BCUT2D eigenvalue weighted by Crippen LogP contribution is 2.43. The molecule has 1 N–H and O–H groups in total. The molecule has 2 aromatic heterocycles. The number of aromatic nitrogens is 2. The van der Waals surface area contributed by atoms with Gasteiger partial charge >= 0.3 is 6.09 Å². The predicted octanol–water partition coefficient (Wildman–Crippen LogP) is 3.02. The van der Waals surface area contributed by atoms with Crippen LogP contribution in [0.4, 0.5) is 10.5 Å². The number of ether oxygens (including phenoxy) is 1. The summed E-state index contributed by atoms with van der Waals surface area (Å²) in [6.45, 7) is 7.90. The number of pyridine rings is 1. The molecule has 7 heteroatoms. The van der Waals surface area contributed by atoms with Crippen molar-refractivity contribution >= 4 is 22.8 Å². The lowest BCUT2D eigenvalue weighted by Gasteiger charge is -2.50. The van der Waals surface area contributed by atoms with Gasteiger partial charge < -0.3 is 19.5 Å². The van der Waals surface area contributed by atoms with Crippen LogP contribution in [0.5, 0.6) is 0 Å². The molecule has 0 aliphatic carbocycles. The van der Waals surface area contributed by atoms with E-state index in [1.54, 1.807) is 6.20 Å². The molecule has 2 aromatic rings. The van der Waals surface area contributed by atoms with Crippen LogP contribution in [-0.2, 0) is 4.74 Å². The molecule has 2 aliphatic rings. The first-order valence-corrected chi connectivity index (χ1v) is 8.95. The Hall–Kier alpha value is -2.75. The van der Waals surface area contributed by atoms with Crippen LogP contribution >= 0.6 is 0 Å². The molecule has 1 unspecified atom stereocenters. The van der Waals surface area contributed by atoms with Gasteiger partial charge in [-0.25, -0.2) is 9.78 Å². The molecular weight excluding hydrogens is 330 g/mol. The summed E-state index contributed by atoms with van der Waals surface area (Å²) < 4.78 is 5.57. The van der Waals surface area contributed by atoms with Crippen molar-refractivity contribution in [2.45, 2.75) is 44.8 Å². The maximum absolute atomic E-state index is 12.6. The maximum atomic E-state index is 12.6. The molecule has 1 atom stereocenters. The van der Waals surface area contributed by atoms with E-state index in [-0.39, 0.29) is 11.6 Å². The van der Waals surface area contributed by atoms with E-state index in [1.165, 1.54) is 0 Å². The highest BCUT2D eigenvalue weighted by atomic mass is 16.6. The molecule has 26 heavy (non-hydrogen) atoms. The molecule has 0 aromatic carbocycles. The van der Waals surface area contributed by atoms with Crippen LogP contribution in [0.1, 0.15) is 39.2 Å². The number of carbonyl (C=O) groups is 1. The van der Waals surface area contributed by atoms with E-state index >= 15 is 0 Å². The van der Waals surface area contributed by atoms with Gasteiger partial charge in [0.15, 0.2) is 0 Å². The number of hydrogen-bond donors (Lipinski definition) is 1. The average molecular weight is 353 g/mol. The number of likely N-dealkylation sites (tertiary alicyclic amines) is 1. The van der Waals surface area contributed by atoms with Gasteiger partial charge in [-0.15, -0.1) is 0 Å². The van der Waals surface area contributed by atoms with Crippen molar-refractivity contribution in [2.24, 2.45) is 0 Å². The number of fused-ring (bicyclic) bond motifs is 1. The molecule has 2 saturated heterocycles. The predicted molar refractivity (Wildman–Crippen MR) is 97.9 cm³/mol. The Kier molecular flexibility index (Phi) is 3.62. The highest BCUT2D eigenvalue weighted by Gasteiger charge is 2.53. The van der Waals surface area contributed by atoms with Crippen LogP contribution < -0.4 is 4.90 Å². The summed E-state index contributed by atoms with van der Waals surface area (Å²) in [7, 11) is 0. The van der Waals surface area contributed by atoms with Crippen LogP contribution in [0.2, 0.25) is 0 Å². The Bertz CT molecular complexity index is 907. The summed E-state index contributed by atoms with van der Waals surface area (Å²) in [5.74, 6) is 0. The third-order valence-corrected chi connectivity index (χ3v) is 5.31. The Labute approximate surface area is 152 Å². The first kappa shape index (κ1) is 16.7. The monoisotopic (exact) mass is 353 g/mol.